The topological polar surface area (TPSA) is 90.1 Å². The Hall–Kier alpha value is -3.22. The molecule has 1 fully saturated rings. The average molecular weight is 352 g/mol. The van der Waals surface area contributed by atoms with Crippen LogP contribution in [-0.2, 0) is 0 Å². The second kappa shape index (κ2) is 6.25. The molecule has 7 heteroatoms. The fourth-order valence-corrected chi connectivity index (χ4v) is 2.86. The molecule has 1 aromatic heterocycles. The predicted octanol–water partition coefficient (Wildman–Crippen LogP) is 2.92. The Balaban J connectivity index is 1.82. The van der Waals surface area contributed by atoms with Gasteiger partial charge in [0.15, 0.2) is 17.3 Å². The minimum Gasteiger partial charge on any atom is -0.494 e. The summed E-state index contributed by atoms with van der Waals surface area (Å²) in [5, 5.41) is 11.8. The van der Waals surface area contributed by atoms with Gasteiger partial charge in [-0.25, -0.2) is 4.39 Å². The van der Waals surface area contributed by atoms with Gasteiger partial charge in [-0.05, 0) is 30.5 Å². The van der Waals surface area contributed by atoms with Crippen molar-refractivity contribution < 1.29 is 13.9 Å². The van der Waals surface area contributed by atoms with Crippen LogP contribution in [0, 0.1) is 5.82 Å². The first kappa shape index (κ1) is 16.3. The van der Waals surface area contributed by atoms with Crippen LogP contribution in [0.1, 0.15) is 23.3 Å². The summed E-state index contributed by atoms with van der Waals surface area (Å²) < 4.78 is 18.7. The molecule has 1 saturated carbocycles. The van der Waals surface area contributed by atoms with Crippen LogP contribution in [0.3, 0.4) is 0 Å². The number of carbonyl (C=O) groups is 1. The SMILES string of the molecule is COc1cc(-c2cccc3c(N)c(C(=O)NC4CC4)nnc23)ccc1F. The van der Waals surface area contributed by atoms with Gasteiger partial charge < -0.3 is 15.8 Å². The van der Waals surface area contributed by atoms with Gasteiger partial charge in [-0.15, -0.1) is 10.2 Å². The maximum atomic E-state index is 13.7. The van der Waals surface area contributed by atoms with Crippen molar-refractivity contribution in [3.63, 3.8) is 0 Å². The monoisotopic (exact) mass is 352 g/mol. The Labute approximate surface area is 149 Å². The van der Waals surface area contributed by atoms with Crippen molar-refractivity contribution in [2.24, 2.45) is 0 Å². The van der Waals surface area contributed by atoms with E-state index >= 15 is 0 Å². The molecule has 2 aromatic carbocycles. The third-order valence-electron chi connectivity index (χ3n) is 4.42. The summed E-state index contributed by atoms with van der Waals surface area (Å²) in [6.45, 7) is 0. The molecule has 3 N–H and O–H groups in total. The molecule has 0 bridgehead atoms. The maximum absolute atomic E-state index is 13.7. The van der Waals surface area contributed by atoms with Crippen molar-refractivity contribution in [2.75, 3.05) is 12.8 Å². The van der Waals surface area contributed by atoms with Gasteiger partial charge >= 0.3 is 0 Å². The quantitative estimate of drug-likeness (QED) is 0.753. The number of ether oxygens (including phenoxy) is 1. The van der Waals surface area contributed by atoms with Crippen LogP contribution in [-0.4, -0.2) is 29.3 Å². The van der Waals surface area contributed by atoms with E-state index in [1.54, 1.807) is 18.2 Å². The zero-order valence-electron chi connectivity index (χ0n) is 14.1. The first-order chi connectivity index (χ1) is 12.6. The molecule has 1 amide bonds. The van der Waals surface area contributed by atoms with Crippen LogP contribution >= 0.6 is 0 Å². The Morgan fingerprint density at radius 2 is 2.08 bits per heavy atom. The fourth-order valence-electron chi connectivity index (χ4n) is 2.86. The lowest BCUT2D eigenvalue weighted by atomic mass is 10.0. The molecule has 0 unspecified atom stereocenters. The van der Waals surface area contributed by atoms with Crippen molar-refractivity contribution in [2.45, 2.75) is 18.9 Å². The summed E-state index contributed by atoms with van der Waals surface area (Å²) >= 11 is 0. The van der Waals surface area contributed by atoms with Gasteiger partial charge in [0.1, 0.15) is 5.52 Å². The number of methoxy groups -OCH3 is 1. The molecule has 0 spiro atoms. The zero-order valence-corrected chi connectivity index (χ0v) is 14.1. The molecule has 6 nitrogen and oxygen atoms in total. The van der Waals surface area contributed by atoms with Crippen molar-refractivity contribution in [3.05, 3.63) is 47.9 Å². The van der Waals surface area contributed by atoms with Crippen LogP contribution in [0.2, 0.25) is 0 Å². The molecule has 0 aliphatic heterocycles. The molecular weight excluding hydrogens is 335 g/mol. The highest BCUT2D eigenvalue weighted by atomic mass is 19.1. The molecule has 1 aliphatic carbocycles. The second-order valence-electron chi connectivity index (χ2n) is 6.26. The number of anilines is 1. The number of nitrogens with two attached hydrogens (primary N) is 1. The van der Waals surface area contributed by atoms with Gasteiger partial charge in [-0.3, -0.25) is 4.79 Å². The molecule has 132 valence electrons. The molecular formula is C19H17FN4O2. The highest BCUT2D eigenvalue weighted by molar-refractivity contribution is 6.07. The number of aromatic nitrogens is 2. The van der Waals surface area contributed by atoms with E-state index in [1.807, 2.05) is 12.1 Å². The standard InChI is InChI=1S/C19H17FN4O2/c1-26-15-9-10(5-8-14(15)20)12-3-2-4-13-16(21)18(24-23-17(12)13)19(25)22-11-6-7-11/h2-5,8-9,11H,6-7H2,1H3,(H2,21,23)(H,22,25). The molecule has 1 aliphatic rings. The Morgan fingerprint density at radius 1 is 1.27 bits per heavy atom. The van der Waals surface area contributed by atoms with Crippen LogP contribution in [0.4, 0.5) is 10.1 Å². The molecule has 0 saturated heterocycles. The minimum absolute atomic E-state index is 0.123. The van der Waals surface area contributed by atoms with Crippen molar-refractivity contribution >= 4 is 22.5 Å². The Morgan fingerprint density at radius 3 is 2.81 bits per heavy atom. The van der Waals surface area contributed by atoms with Crippen LogP contribution in [0.15, 0.2) is 36.4 Å². The number of nitrogen functional groups attached to an aromatic ring is 1. The number of hydrogen-bond acceptors (Lipinski definition) is 5. The molecule has 0 atom stereocenters. The third kappa shape index (κ3) is 2.81. The number of nitrogens with one attached hydrogen (secondary N) is 1. The summed E-state index contributed by atoms with van der Waals surface area (Å²) in [7, 11) is 1.41. The fraction of sp³-hybridized carbons (Fsp3) is 0.211. The largest absolute Gasteiger partial charge is 0.494 e. The number of hydrogen-bond donors (Lipinski definition) is 2. The van der Waals surface area contributed by atoms with Gasteiger partial charge in [-0.2, -0.15) is 0 Å². The first-order valence-corrected chi connectivity index (χ1v) is 8.28. The molecule has 3 aromatic rings. The van der Waals surface area contributed by atoms with Gasteiger partial charge in [-0.1, -0.05) is 24.3 Å². The van der Waals surface area contributed by atoms with E-state index in [0.29, 0.717) is 10.9 Å². The highest BCUT2D eigenvalue weighted by Crippen LogP contribution is 2.33. The van der Waals surface area contributed by atoms with E-state index in [2.05, 4.69) is 15.5 Å². The van der Waals surface area contributed by atoms with E-state index in [4.69, 9.17) is 10.5 Å². The smallest absolute Gasteiger partial charge is 0.274 e. The average Bonchev–Trinajstić information content (AvgIpc) is 3.46. The number of carbonyl (C=O) groups excluding carboxylic acids is 1. The number of fused-ring (bicyclic) bond motifs is 1. The number of rotatable bonds is 4. The van der Waals surface area contributed by atoms with Crippen molar-refractivity contribution in [3.8, 4) is 16.9 Å². The van der Waals surface area contributed by atoms with E-state index in [9.17, 15) is 9.18 Å². The number of benzene rings is 2. The van der Waals surface area contributed by atoms with Crippen molar-refractivity contribution in [1.82, 2.24) is 15.5 Å². The first-order valence-electron chi connectivity index (χ1n) is 8.28. The molecule has 0 radical (unpaired) electrons. The number of amides is 1. The third-order valence-corrected chi connectivity index (χ3v) is 4.42. The van der Waals surface area contributed by atoms with Gasteiger partial charge in [0.05, 0.1) is 12.8 Å². The summed E-state index contributed by atoms with van der Waals surface area (Å²) in [5.74, 6) is -0.616. The van der Waals surface area contributed by atoms with Crippen molar-refractivity contribution in [1.29, 1.82) is 0 Å². The van der Waals surface area contributed by atoms with E-state index < -0.39 is 5.82 Å². The lowest BCUT2D eigenvalue weighted by Gasteiger charge is -2.11. The number of halogens is 1. The van der Waals surface area contributed by atoms with E-state index in [0.717, 1.165) is 24.0 Å². The second-order valence-corrected chi connectivity index (χ2v) is 6.26. The maximum Gasteiger partial charge on any atom is 0.274 e. The van der Waals surface area contributed by atoms with Crippen LogP contribution in [0.25, 0.3) is 22.0 Å². The van der Waals surface area contributed by atoms with Gasteiger partial charge in [0.2, 0.25) is 0 Å². The summed E-state index contributed by atoms with van der Waals surface area (Å²) in [6.07, 6.45) is 1.95. The predicted molar refractivity (Wildman–Crippen MR) is 96.4 cm³/mol. The summed E-state index contributed by atoms with van der Waals surface area (Å²) in [4.78, 5) is 12.3. The normalized spacial score (nSPS) is 13.6. The summed E-state index contributed by atoms with van der Waals surface area (Å²) in [6, 6.07) is 10.2. The lowest BCUT2D eigenvalue weighted by Crippen LogP contribution is -2.27. The molecule has 1 heterocycles. The van der Waals surface area contributed by atoms with Gasteiger partial charge in [0, 0.05) is 17.0 Å². The lowest BCUT2D eigenvalue weighted by molar-refractivity contribution is 0.0946. The summed E-state index contributed by atoms with van der Waals surface area (Å²) in [5.41, 5.74) is 8.59. The van der Waals surface area contributed by atoms with Crippen LogP contribution < -0.4 is 15.8 Å². The molecule has 26 heavy (non-hydrogen) atoms. The minimum atomic E-state index is -0.443. The number of nitrogens with zero attached hydrogens (tertiary/aromatic N) is 2. The molecule has 4 rings (SSSR count). The van der Waals surface area contributed by atoms with E-state index in [1.165, 1.54) is 13.2 Å². The van der Waals surface area contributed by atoms with E-state index in [-0.39, 0.29) is 29.1 Å². The Bertz CT molecular complexity index is 1020. The zero-order chi connectivity index (χ0) is 18.3. The van der Waals surface area contributed by atoms with Gasteiger partial charge in [0.25, 0.3) is 5.91 Å². The Kier molecular flexibility index (Phi) is 3.91. The highest BCUT2D eigenvalue weighted by Gasteiger charge is 2.26. The van der Waals surface area contributed by atoms with Crippen LogP contribution in [0.5, 0.6) is 5.75 Å².